The van der Waals surface area contributed by atoms with Crippen LogP contribution >= 0.6 is 0 Å². The van der Waals surface area contributed by atoms with Gasteiger partial charge in [-0.05, 0) is 49.5 Å². The summed E-state index contributed by atoms with van der Waals surface area (Å²) in [4.78, 5) is 32.9. The summed E-state index contributed by atoms with van der Waals surface area (Å²) in [6, 6.07) is 16.1. The van der Waals surface area contributed by atoms with Crippen LogP contribution in [0.2, 0.25) is 0 Å². The molecule has 2 radical (unpaired) electrons. The van der Waals surface area contributed by atoms with E-state index in [2.05, 4.69) is 5.32 Å². The van der Waals surface area contributed by atoms with Gasteiger partial charge in [-0.2, -0.15) is 0 Å². The summed E-state index contributed by atoms with van der Waals surface area (Å²) in [6.07, 6.45) is -6.95. The van der Waals surface area contributed by atoms with E-state index in [0.29, 0.717) is 16.7 Å². The number of carbonyl (C=O) groups is 2. The van der Waals surface area contributed by atoms with Crippen molar-refractivity contribution >= 4 is 11.7 Å². The van der Waals surface area contributed by atoms with Gasteiger partial charge in [0.1, 0.15) is 23.9 Å². The Labute approximate surface area is 364 Å². The third-order valence-corrected chi connectivity index (χ3v) is 12.6. The van der Waals surface area contributed by atoms with E-state index in [0.717, 1.165) is 0 Å². The van der Waals surface area contributed by atoms with Crippen LogP contribution in [0.3, 0.4) is 0 Å². The van der Waals surface area contributed by atoms with Crippen molar-refractivity contribution in [1.82, 2.24) is 5.32 Å². The number of Topliss-reactive ketones (excluding diaryl/α,β-unsaturated/α-hetero) is 1. The average molecular weight is 1120 g/mol. The van der Waals surface area contributed by atoms with Crippen molar-refractivity contribution in [3.63, 3.8) is 0 Å². The molecule has 11 nitrogen and oxygen atoms in total. The topological polar surface area (TPSA) is 186 Å². The van der Waals surface area contributed by atoms with Crippen molar-refractivity contribution in [2.75, 3.05) is 6.61 Å². The Morgan fingerprint density at radius 3 is 2.12 bits per heavy atom. The summed E-state index contributed by atoms with van der Waals surface area (Å²) < 4.78 is 5.64. The minimum Gasteiger partial charge on any atom is -0.392 e. The van der Waals surface area contributed by atoms with Crippen LogP contribution in [0.5, 0.6) is 0 Å². The Bertz CT molecular complexity index is 1590. The van der Waals surface area contributed by atoms with Gasteiger partial charge in [-0.25, -0.2) is 4.89 Å². The van der Waals surface area contributed by atoms with Gasteiger partial charge in [-0.1, -0.05) is 74.9 Å². The van der Waals surface area contributed by atoms with Crippen molar-refractivity contribution in [1.29, 1.82) is 0 Å². The molecule has 1 heterocycles. The number of benzene rings is 2. The zero-order valence-corrected chi connectivity index (χ0v) is 38.6. The van der Waals surface area contributed by atoms with Crippen LogP contribution in [0.25, 0.3) is 0 Å². The molecule has 3 fully saturated rings. The van der Waals surface area contributed by atoms with Crippen molar-refractivity contribution in [3.8, 4) is 0 Å². The van der Waals surface area contributed by atoms with Gasteiger partial charge in [0, 0.05) is 117 Å². The molecular weight excluding hydrogens is 1070 g/mol. The molecule has 6 rings (SSSR count). The number of aliphatic hydroxyl groups is 5. The molecule has 4 aliphatic rings. The number of amides is 1. The maximum atomic E-state index is 14.4. The molecule has 2 saturated carbocycles. The normalized spacial score (nSPS) is 37.5. The van der Waals surface area contributed by atoms with Crippen LogP contribution in [-0.4, -0.2) is 90.8 Å². The molecule has 50 heavy (non-hydrogen) atoms. The van der Waals surface area contributed by atoms with E-state index < -0.39 is 88.0 Å². The molecule has 2 aromatic carbocycles. The summed E-state index contributed by atoms with van der Waals surface area (Å²) in [5.74, 6) is -4.00. The number of hydrogen-bond acceptors (Lipinski definition) is 10. The minimum atomic E-state index is -1.79. The second-order valence-corrected chi connectivity index (χ2v) is 15.1. The van der Waals surface area contributed by atoms with E-state index in [4.69, 9.17) is 9.62 Å². The van der Waals surface area contributed by atoms with E-state index >= 15 is 0 Å². The molecule has 0 aromatic heterocycles. The monoisotopic (exact) mass is 1120 g/mol. The largest absolute Gasteiger partial charge is 0.392 e. The molecule has 1 amide bonds. The summed E-state index contributed by atoms with van der Waals surface area (Å²) in [5.41, 5.74) is -4.68. The van der Waals surface area contributed by atoms with Gasteiger partial charge in [-0.15, -0.1) is 0 Å². The SMILES string of the molecule is CC1=C2C(O)C(=O)[C@]3(C)C(O)CC4OCC4(O)C3C(C)C(O)(CC1[C@H](OO)C(O)C(NC(=O)c1ccccc1)c1ccccc1)C2(C)C.[Ac].[Ac]. The number of ketones is 1. The van der Waals surface area contributed by atoms with Crippen LogP contribution in [0.15, 0.2) is 71.8 Å². The summed E-state index contributed by atoms with van der Waals surface area (Å²) in [6.45, 7) is 8.31. The molecule has 0 spiro atoms. The Hall–Kier alpha value is -0.117. The summed E-state index contributed by atoms with van der Waals surface area (Å²) >= 11 is 0. The maximum absolute atomic E-state index is 14.4. The first-order chi connectivity index (χ1) is 22.6. The minimum absolute atomic E-state index is 0. The van der Waals surface area contributed by atoms with E-state index in [1.807, 2.05) is 0 Å². The Morgan fingerprint density at radius 1 is 1.00 bits per heavy atom. The number of nitrogens with one attached hydrogen (secondary N) is 1. The second kappa shape index (κ2) is 15.6. The van der Waals surface area contributed by atoms with E-state index in [1.54, 1.807) is 95.3 Å². The van der Waals surface area contributed by atoms with Gasteiger partial charge in [-0.3, -0.25) is 14.8 Å². The number of rotatable bonds is 7. The van der Waals surface area contributed by atoms with Crippen molar-refractivity contribution in [2.24, 2.45) is 28.6 Å². The van der Waals surface area contributed by atoms with E-state index in [1.165, 1.54) is 0 Å². The molecule has 266 valence electrons. The zero-order valence-electron chi connectivity index (χ0n) is 29.1. The van der Waals surface area contributed by atoms with E-state index in [-0.39, 0.29) is 113 Å². The van der Waals surface area contributed by atoms with Crippen LogP contribution in [0, 0.1) is 117 Å². The fraction of sp³-hybridized carbons (Fsp3) is 0.568. The van der Waals surface area contributed by atoms with Crippen molar-refractivity contribution in [2.45, 2.75) is 95.2 Å². The van der Waals surface area contributed by atoms with E-state index in [9.17, 15) is 40.4 Å². The van der Waals surface area contributed by atoms with Crippen LogP contribution in [-0.2, 0) is 14.4 Å². The average Bonchev–Trinajstić information content (AvgIpc) is 3.07. The molecule has 1 aliphatic heterocycles. The van der Waals surface area contributed by atoms with Gasteiger partial charge in [0.2, 0.25) is 0 Å². The molecule has 3 aliphatic carbocycles. The van der Waals surface area contributed by atoms with Gasteiger partial charge < -0.3 is 35.6 Å². The number of aliphatic hydroxyl groups excluding tert-OH is 3. The number of ether oxygens (including phenoxy) is 1. The predicted molar refractivity (Wildman–Crippen MR) is 173 cm³/mol. The molecule has 12 atom stereocenters. The standard InChI is InChI=1S/C37H47NO10.2Ac/c1-19-23(30(48-46)29(41)27(21-12-8-6-9-13-21)38-33(43)22-14-10-7-11-15-22)17-37(45)20(2)31-35(5,24(39)16-25-36(31,44)18-47-25)32(42)28(40)26(19)34(37,3)4;;/h6-15,20,23-25,27-31,39-41,44-46H,16-18H2,1-5H3,(H,38,43);;/t20?,23?,24?,25?,27?,28?,29?,30-,31?,35+,36?,37?;;/m0../s1. The Kier molecular flexibility index (Phi) is 13.3. The number of carbonyl (C=O) groups excluding carboxylic acids is 2. The second-order valence-electron chi connectivity index (χ2n) is 15.1. The van der Waals surface area contributed by atoms with Gasteiger partial charge >= 0.3 is 0 Å². The van der Waals surface area contributed by atoms with Crippen molar-refractivity contribution in [3.05, 3.63) is 82.9 Å². The van der Waals surface area contributed by atoms with Crippen LogP contribution in [0.4, 0.5) is 0 Å². The van der Waals surface area contributed by atoms with Crippen LogP contribution < -0.4 is 5.32 Å². The van der Waals surface area contributed by atoms with Gasteiger partial charge in [0.15, 0.2) is 5.78 Å². The Balaban J connectivity index is 0.00000281. The first kappa shape index (κ1) is 42.6. The smallest absolute Gasteiger partial charge is 0.251 e. The van der Waals surface area contributed by atoms with Crippen molar-refractivity contribution < 1.29 is 138 Å². The zero-order chi connectivity index (χ0) is 35.0. The third-order valence-electron chi connectivity index (χ3n) is 12.6. The quantitative estimate of drug-likeness (QED) is 0.124. The Morgan fingerprint density at radius 2 is 1.58 bits per heavy atom. The fourth-order valence-corrected chi connectivity index (χ4v) is 9.83. The first-order valence-corrected chi connectivity index (χ1v) is 16.6. The summed E-state index contributed by atoms with van der Waals surface area (Å²) in [5, 5.41) is 73.7. The number of hydrogen-bond donors (Lipinski definition) is 7. The first-order valence-electron chi connectivity index (χ1n) is 16.6. The molecule has 2 bridgehead atoms. The fourth-order valence-electron chi connectivity index (χ4n) is 9.83. The molecule has 13 heteroatoms. The number of fused-ring (bicyclic) bond motifs is 5. The third kappa shape index (κ3) is 6.44. The molecule has 10 unspecified atom stereocenters. The predicted octanol–water partition coefficient (Wildman–Crippen LogP) is 2.57. The molecule has 1 saturated heterocycles. The van der Waals surface area contributed by atoms with Crippen LogP contribution in [0.1, 0.15) is 69.4 Å². The molecular formula is C37H47Ac2NO10. The van der Waals surface area contributed by atoms with Gasteiger partial charge in [0.25, 0.3) is 5.91 Å². The van der Waals surface area contributed by atoms with Gasteiger partial charge in [0.05, 0.1) is 35.9 Å². The maximum Gasteiger partial charge on any atom is 0.251 e. The summed E-state index contributed by atoms with van der Waals surface area (Å²) in [7, 11) is 0. The molecule has 2 aromatic rings. The molecule has 7 N–H and O–H groups in total.